The fourth-order valence-corrected chi connectivity index (χ4v) is 4.44. The molecule has 4 rings (SSSR count). The number of aryl methyl sites for hydroxylation is 2. The van der Waals surface area contributed by atoms with Gasteiger partial charge in [-0.3, -0.25) is 0 Å². The van der Waals surface area contributed by atoms with Gasteiger partial charge in [-0.25, -0.2) is 4.79 Å². The third-order valence-electron chi connectivity index (χ3n) is 6.00. The highest BCUT2D eigenvalue weighted by atomic mass is 16.5. The summed E-state index contributed by atoms with van der Waals surface area (Å²) in [6, 6.07) is 11.9. The van der Waals surface area contributed by atoms with Gasteiger partial charge in [0.1, 0.15) is 17.2 Å². The zero-order chi connectivity index (χ0) is 20.1. The lowest BCUT2D eigenvalue weighted by Gasteiger charge is -2.15. The molecule has 1 aliphatic heterocycles. The number of primary amides is 1. The molecule has 29 heavy (non-hydrogen) atoms. The smallest absolute Gasteiger partial charge is 0.409 e. The van der Waals surface area contributed by atoms with E-state index in [0.29, 0.717) is 5.75 Å². The van der Waals surface area contributed by atoms with Crippen molar-refractivity contribution in [2.24, 2.45) is 11.7 Å². The van der Waals surface area contributed by atoms with Gasteiger partial charge in [0.25, 0.3) is 0 Å². The molecule has 0 atom stereocenters. The highest BCUT2D eigenvalue weighted by Crippen LogP contribution is 2.36. The van der Waals surface area contributed by atoms with Crippen LogP contribution < -0.4 is 20.5 Å². The summed E-state index contributed by atoms with van der Waals surface area (Å²) in [6.07, 6.45) is 9.22. The molecule has 2 aromatic rings. The Hall–Kier alpha value is -2.53. The second-order valence-corrected chi connectivity index (χ2v) is 8.22. The number of hydrogen-bond donors (Lipinski definition) is 2. The fourth-order valence-electron chi connectivity index (χ4n) is 4.44. The first kappa shape index (κ1) is 19.8. The molecule has 1 fully saturated rings. The Morgan fingerprint density at radius 2 is 1.69 bits per heavy atom. The summed E-state index contributed by atoms with van der Waals surface area (Å²) in [4.78, 5) is 11.0. The SMILES string of the molecule is NC(=O)Oc1ccc2c(c1)CCc1cc(CNCC3CCCCCC3)ccc1O2. The highest BCUT2D eigenvalue weighted by molar-refractivity contribution is 5.68. The van der Waals surface area contributed by atoms with E-state index in [0.717, 1.165) is 48.9 Å². The quantitative estimate of drug-likeness (QED) is 0.693. The molecule has 0 spiro atoms. The Morgan fingerprint density at radius 3 is 2.41 bits per heavy atom. The molecule has 1 aliphatic carbocycles. The molecule has 1 amide bonds. The lowest BCUT2D eigenvalue weighted by Crippen LogP contribution is -2.22. The lowest BCUT2D eigenvalue weighted by molar-refractivity contribution is 0.211. The Labute approximate surface area is 172 Å². The topological polar surface area (TPSA) is 73.6 Å². The van der Waals surface area contributed by atoms with Gasteiger partial charge in [-0.2, -0.15) is 0 Å². The van der Waals surface area contributed by atoms with E-state index in [4.69, 9.17) is 15.2 Å². The summed E-state index contributed by atoms with van der Waals surface area (Å²) >= 11 is 0. The molecule has 5 nitrogen and oxygen atoms in total. The van der Waals surface area contributed by atoms with Crippen molar-refractivity contribution in [1.29, 1.82) is 0 Å². The van der Waals surface area contributed by atoms with Gasteiger partial charge in [-0.05, 0) is 79.1 Å². The summed E-state index contributed by atoms with van der Waals surface area (Å²) < 4.78 is 11.1. The molecule has 0 bridgehead atoms. The van der Waals surface area contributed by atoms with E-state index in [-0.39, 0.29) is 0 Å². The minimum atomic E-state index is -0.802. The second-order valence-electron chi connectivity index (χ2n) is 8.22. The molecule has 3 N–H and O–H groups in total. The van der Waals surface area contributed by atoms with Gasteiger partial charge in [0.2, 0.25) is 0 Å². The number of ether oxygens (including phenoxy) is 2. The zero-order valence-electron chi connectivity index (χ0n) is 16.9. The van der Waals surface area contributed by atoms with Crippen LogP contribution in [0, 0.1) is 5.92 Å². The zero-order valence-corrected chi connectivity index (χ0v) is 16.9. The highest BCUT2D eigenvalue weighted by Gasteiger charge is 2.17. The predicted octanol–water partition coefficient (Wildman–Crippen LogP) is 5.10. The van der Waals surface area contributed by atoms with Crippen LogP contribution in [-0.4, -0.2) is 12.6 Å². The van der Waals surface area contributed by atoms with Crippen LogP contribution in [0.15, 0.2) is 36.4 Å². The second kappa shape index (κ2) is 9.31. The van der Waals surface area contributed by atoms with Crippen molar-refractivity contribution in [2.45, 2.75) is 57.9 Å². The third kappa shape index (κ3) is 5.30. The van der Waals surface area contributed by atoms with E-state index >= 15 is 0 Å². The summed E-state index contributed by atoms with van der Waals surface area (Å²) in [7, 11) is 0. The van der Waals surface area contributed by atoms with Gasteiger partial charge >= 0.3 is 6.09 Å². The summed E-state index contributed by atoms with van der Waals surface area (Å²) in [5.41, 5.74) is 8.65. The number of fused-ring (bicyclic) bond motifs is 2. The average Bonchev–Trinajstić information content (AvgIpc) is 3.06. The predicted molar refractivity (Wildman–Crippen MR) is 113 cm³/mol. The number of hydrogen-bond acceptors (Lipinski definition) is 4. The Balaban J connectivity index is 1.38. The minimum Gasteiger partial charge on any atom is -0.457 e. The van der Waals surface area contributed by atoms with Gasteiger partial charge in [0.15, 0.2) is 0 Å². The van der Waals surface area contributed by atoms with Gasteiger partial charge < -0.3 is 20.5 Å². The van der Waals surface area contributed by atoms with Crippen LogP contribution in [0.2, 0.25) is 0 Å². The van der Waals surface area contributed by atoms with Crippen LogP contribution in [0.25, 0.3) is 0 Å². The first-order valence-electron chi connectivity index (χ1n) is 10.8. The maximum absolute atomic E-state index is 11.0. The van der Waals surface area contributed by atoms with Gasteiger partial charge in [-0.1, -0.05) is 37.8 Å². The van der Waals surface area contributed by atoms with Crippen molar-refractivity contribution in [3.05, 3.63) is 53.1 Å². The van der Waals surface area contributed by atoms with Crippen molar-refractivity contribution in [3.8, 4) is 17.2 Å². The maximum Gasteiger partial charge on any atom is 0.409 e. The molecule has 0 aromatic heterocycles. The summed E-state index contributed by atoms with van der Waals surface area (Å²) in [5.74, 6) is 2.99. The molecule has 0 unspecified atom stereocenters. The van der Waals surface area contributed by atoms with Crippen molar-refractivity contribution in [2.75, 3.05) is 6.54 Å². The average molecular weight is 395 g/mol. The molecule has 2 aromatic carbocycles. The Morgan fingerprint density at radius 1 is 1.00 bits per heavy atom. The molecular weight excluding hydrogens is 364 g/mol. The molecular formula is C24H30N2O3. The molecule has 5 heteroatoms. The first-order chi connectivity index (χ1) is 14.2. The summed E-state index contributed by atoms with van der Waals surface area (Å²) in [6.45, 7) is 2.01. The molecule has 154 valence electrons. The van der Waals surface area contributed by atoms with Crippen molar-refractivity contribution < 1.29 is 14.3 Å². The van der Waals surface area contributed by atoms with Crippen LogP contribution in [0.5, 0.6) is 17.2 Å². The number of nitrogens with two attached hydrogens (primary N) is 1. The normalized spacial score (nSPS) is 16.7. The molecule has 0 saturated heterocycles. The molecule has 0 radical (unpaired) electrons. The monoisotopic (exact) mass is 394 g/mol. The van der Waals surface area contributed by atoms with Crippen LogP contribution in [-0.2, 0) is 19.4 Å². The lowest BCUT2D eigenvalue weighted by atomic mass is 10.00. The van der Waals surface area contributed by atoms with Crippen LogP contribution in [0.1, 0.15) is 55.2 Å². The largest absolute Gasteiger partial charge is 0.457 e. The van der Waals surface area contributed by atoms with Crippen LogP contribution >= 0.6 is 0 Å². The van der Waals surface area contributed by atoms with E-state index in [1.807, 2.05) is 12.1 Å². The van der Waals surface area contributed by atoms with Gasteiger partial charge in [0, 0.05) is 6.54 Å². The number of nitrogens with one attached hydrogen (secondary N) is 1. The van der Waals surface area contributed by atoms with E-state index in [1.165, 1.54) is 49.7 Å². The van der Waals surface area contributed by atoms with E-state index < -0.39 is 6.09 Å². The Kier molecular flexibility index (Phi) is 6.35. The van der Waals surface area contributed by atoms with Crippen molar-refractivity contribution in [1.82, 2.24) is 5.32 Å². The van der Waals surface area contributed by atoms with E-state index in [2.05, 4.69) is 23.5 Å². The van der Waals surface area contributed by atoms with Gasteiger partial charge in [0.05, 0.1) is 0 Å². The molecule has 1 saturated carbocycles. The van der Waals surface area contributed by atoms with Crippen molar-refractivity contribution >= 4 is 6.09 Å². The maximum atomic E-state index is 11.0. The van der Waals surface area contributed by atoms with E-state index in [1.54, 1.807) is 6.07 Å². The number of carbonyl (C=O) groups excluding carboxylic acids is 1. The minimum absolute atomic E-state index is 0.453. The standard InChI is InChI=1S/C24H30N2O3/c25-24(27)28-21-10-12-23-20(14-21)9-8-19-13-18(7-11-22(19)29-23)16-26-15-17-5-3-1-2-4-6-17/h7,10-14,17,26H,1-6,8-9,15-16H2,(H2,25,27). The Bertz CT molecular complexity index is 857. The van der Waals surface area contributed by atoms with Crippen LogP contribution in [0.3, 0.4) is 0 Å². The number of rotatable bonds is 5. The first-order valence-corrected chi connectivity index (χ1v) is 10.8. The third-order valence-corrected chi connectivity index (χ3v) is 6.00. The number of benzene rings is 2. The molecule has 1 heterocycles. The van der Waals surface area contributed by atoms with E-state index in [9.17, 15) is 4.79 Å². The van der Waals surface area contributed by atoms with Gasteiger partial charge in [-0.15, -0.1) is 0 Å². The summed E-state index contributed by atoms with van der Waals surface area (Å²) in [5, 5.41) is 3.66. The van der Waals surface area contributed by atoms with Crippen molar-refractivity contribution in [3.63, 3.8) is 0 Å². The number of amides is 1. The number of carbonyl (C=O) groups is 1. The van der Waals surface area contributed by atoms with Crippen LogP contribution in [0.4, 0.5) is 4.79 Å². The fraction of sp³-hybridized carbons (Fsp3) is 0.458. The molecule has 2 aliphatic rings.